The van der Waals surface area contributed by atoms with Crippen molar-refractivity contribution in [3.8, 4) is 17.1 Å². The number of likely N-dealkylation sites (tertiary alicyclic amines) is 1. The average molecular weight is 636 g/mol. The highest BCUT2D eigenvalue weighted by Gasteiger charge is 2.26. The molecule has 5 heterocycles. The standard InChI is InChI=1S/C30H35BrN8O3/c1-18-13-24(19(2)39(18)23-6-4-5-21(14-23)33-26(41)17-37-9-11-42-12-10-37)29-35-28-27(25(31)15-32-30(28)36-29)34-22-7-8-38(16-22)20(3)40/h4-6,13-15,22H,7-12,16-17H2,1-3H3,(H,33,41)(H2,32,34,35,36)/t22-/m0/s1. The second kappa shape index (κ2) is 11.9. The molecule has 11 nitrogen and oxygen atoms in total. The molecule has 3 aromatic heterocycles. The smallest absolute Gasteiger partial charge is 0.238 e. The first-order valence-electron chi connectivity index (χ1n) is 14.2. The topological polar surface area (TPSA) is 120 Å². The number of halogens is 1. The summed E-state index contributed by atoms with van der Waals surface area (Å²) in [6, 6.07) is 10.1. The number of aromatic amines is 1. The number of carbonyl (C=O) groups is 2. The third-order valence-electron chi connectivity index (χ3n) is 8.00. The van der Waals surface area contributed by atoms with Gasteiger partial charge in [0.1, 0.15) is 11.3 Å². The van der Waals surface area contributed by atoms with Crippen LogP contribution in [-0.2, 0) is 14.3 Å². The molecule has 0 spiro atoms. The summed E-state index contributed by atoms with van der Waals surface area (Å²) in [6.07, 6.45) is 2.64. The number of ether oxygens (including phenoxy) is 1. The van der Waals surface area contributed by atoms with Crippen molar-refractivity contribution in [1.82, 2.24) is 29.3 Å². The van der Waals surface area contributed by atoms with Gasteiger partial charge in [-0.3, -0.25) is 14.5 Å². The summed E-state index contributed by atoms with van der Waals surface area (Å²) >= 11 is 3.65. The van der Waals surface area contributed by atoms with Crippen molar-refractivity contribution in [2.45, 2.75) is 33.2 Å². The van der Waals surface area contributed by atoms with E-state index in [9.17, 15) is 9.59 Å². The number of anilines is 2. The Balaban J connectivity index is 1.25. The van der Waals surface area contributed by atoms with Crippen molar-refractivity contribution in [2.75, 3.05) is 56.6 Å². The van der Waals surface area contributed by atoms with Gasteiger partial charge in [0.05, 0.1) is 29.9 Å². The van der Waals surface area contributed by atoms with Gasteiger partial charge >= 0.3 is 0 Å². The van der Waals surface area contributed by atoms with Gasteiger partial charge in [-0.25, -0.2) is 9.97 Å². The molecule has 0 bridgehead atoms. The van der Waals surface area contributed by atoms with E-state index in [1.165, 1.54) is 0 Å². The van der Waals surface area contributed by atoms with Gasteiger partial charge in [-0.2, -0.15) is 0 Å². The molecule has 4 aromatic rings. The number of carbonyl (C=O) groups excluding carboxylic acids is 2. The molecule has 2 aliphatic heterocycles. The van der Waals surface area contributed by atoms with Gasteiger partial charge in [0.2, 0.25) is 11.8 Å². The number of imidazole rings is 1. The number of hydrogen-bond donors (Lipinski definition) is 3. The van der Waals surface area contributed by atoms with Gasteiger partial charge in [-0.15, -0.1) is 0 Å². The minimum absolute atomic E-state index is 0.0346. The summed E-state index contributed by atoms with van der Waals surface area (Å²) < 4.78 is 8.38. The lowest BCUT2D eigenvalue weighted by molar-refractivity contribution is -0.127. The first-order valence-corrected chi connectivity index (χ1v) is 15.0. The van der Waals surface area contributed by atoms with E-state index in [1.807, 2.05) is 29.2 Å². The molecular formula is C30H35BrN8O3. The van der Waals surface area contributed by atoms with Crippen LogP contribution in [0.5, 0.6) is 0 Å². The number of nitrogens with zero attached hydrogens (tertiary/aromatic N) is 5. The van der Waals surface area contributed by atoms with Crippen molar-refractivity contribution < 1.29 is 14.3 Å². The fourth-order valence-corrected chi connectivity index (χ4v) is 6.27. The Labute approximate surface area is 252 Å². The number of benzene rings is 1. The van der Waals surface area contributed by atoms with Crippen molar-refractivity contribution in [2.24, 2.45) is 0 Å². The Kier molecular flexibility index (Phi) is 8.02. The molecule has 2 amide bonds. The number of hydrogen-bond acceptors (Lipinski definition) is 7. The maximum atomic E-state index is 12.7. The maximum Gasteiger partial charge on any atom is 0.238 e. The van der Waals surface area contributed by atoms with Gasteiger partial charge in [0.15, 0.2) is 5.65 Å². The number of morpholine rings is 1. The molecular weight excluding hydrogens is 600 g/mol. The molecule has 0 radical (unpaired) electrons. The van der Waals surface area contributed by atoms with E-state index in [1.54, 1.807) is 13.1 Å². The van der Waals surface area contributed by atoms with E-state index in [2.05, 4.69) is 65.9 Å². The first-order chi connectivity index (χ1) is 20.3. The van der Waals surface area contributed by atoms with Crippen LogP contribution in [0.4, 0.5) is 11.4 Å². The predicted octanol–water partition coefficient (Wildman–Crippen LogP) is 4.10. The Morgan fingerprint density at radius 3 is 2.74 bits per heavy atom. The Morgan fingerprint density at radius 1 is 1.17 bits per heavy atom. The van der Waals surface area contributed by atoms with Crippen LogP contribution in [0.25, 0.3) is 28.2 Å². The molecule has 1 aromatic carbocycles. The number of fused-ring (bicyclic) bond motifs is 1. The number of aromatic nitrogens is 4. The van der Waals surface area contributed by atoms with Gasteiger partial charge in [-0.05, 0) is 60.5 Å². The predicted molar refractivity (Wildman–Crippen MR) is 166 cm³/mol. The average Bonchev–Trinajstić information content (AvgIpc) is 3.68. The monoisotopic (exact) mass is 634 g/mol. The van der Waals surface area contributed by atoms with Crippen LogP contribution in [0.3, 0.4) is 0 Å². The minimum Gasteiger partial charge on any atom is -0.379 e. The minimum atomic E-state index is -0.0346. The molecule has 2 saturated heterocycles. The summed E-state index contributed by atoms with van der Waals surface area (Å²) in [5.74, 6) is 0.788. The molecule has 2 aliphatic rings. The van der Waals surface area contributed by atoms with Gasteiger partial charge in [0, 0.05) is 73.7 Å². The summed E-state index contributed by atoms with van der Waals surface area (Å²) in [6.45, 7) is 10.4. The fourth-order valence-electron chi connectivity index (χ4n) is 5.86. The molecule has 42 heavy (non-hydrogen) atoms. The number of rotatable bonds is 7. The Hall–Kier alpha value is -3.74. The molecule has 0 saturated carbocycles. The highest BCUT2D eigenvalue weighted by molar-refractivity contribution is 9.10. The lowest BCUT2D eigenvalue weighted by Crippen LogP contribution is -2.41. The third kappa shape index (κ3) is 5.79. The zero-order chi connectivity index (χ0) is 29.4. The number of nitrogens with one attached hydrogen (secondary N) is 3. The summed E-state index contributed by atoms with van der Waals surface area (Å²) in [7, 11) is 0. The van der Waals surface area contributed by atoms with E-state index in [-0.39, 0.29) is 17.9 Å². The Bertz CT molecular complexity index is 1640. The van der Waals surface area contributed by atoms with E-state index < -0.39 is 0 Å². The van der Waals surface area contributed by atoms with Crippen LogP contribution in [-0.4, -0.2) is 93.1 Å². The van der Waals surface area contributed by atoms with Crippen LogP contribution in [0.1, 0.15) is 24.7 Å². The van der Waals surface area contributed by atoms with Gasteiger partial charge in [-0.1, -0.05) is 6.07 Å². The zero-order valence-corrected chi connectivity index (χ0v) is 25.6. The van der Waals surface area contributed by atoms with Crippen LogP contribution in [0, 0.1) is 13.8 Å². The van der Waals surface area contributed by atoms with Crippen LogP contribution < -0.4 is 10.6 Å². The van der Waals surface area contributed by atoms with Crippen LogP contribution in [0.15, 0.2) is 41.0 Å². The highest BCUT2D eigenvalue weighted by Crippen LogP contribution is 2.34. The second-order valence-electron chi connectivity index (χ2n) is 11.0. The largest absolute Gasteiger partial charge is 0.379 e. The van der Waals surface area contributed by atoms with Gasteiger partial charge < -0.3 is 29.8 Å². The molecule has 6 rings (SSSR count). The van der Waals surface area contributed by atoms with Crippen molar-refractivity contribution in [3.63, 3.8) is 0 Å². The second-order valence-corrected chi connectivity index (χ2v) is 11.8. The summed E-state index contributed by atoms with van der Waals surface area (Å²) in [5, 5.41) is 6.66. The van der Waals surface area contributed by atoms with Crippen LogP contribution >= 0.6 is 15.9 Å². The van der Waals surface area contributed by atoms with Crippen molar-refractivity contribution >= 4 is 50.3 Å². The molecule has 1 atom stereocenters. The number of amides is 2. The van der Waals surface area contributed by atoms with E-state index >= 15 is 0 Å². The van der Waals surface area contributed by atoms with Crippen molar-refractivity contribution in [1.29, 1.82) is 0 Å². The first kappa shape index (κ1) is 28.4. The number of pyridine rings is 1. The lowest BCUT2D eigenvalue weighted by atomic mass is 10.2. The molecule has 0 aliphatic carbocycles. The number of aryl methyl sites for hydroxylation is 1. The zero-order valence-electron chi connectivity index (χ0n) is 24.0. The maximum absolute atomic E-state index is 12.7. The SMILES string of the molecule is CC(=O)N1CC[C@H](Nc2c(Br)cnc3nc(-c4cc(C)n(-c5cccc(NC(=O)CN6CCOCC6)c5)c4C)[nH]c23)C1. The normalized spacial score (nSPS) is 17.6. The van der Waals surface area contributed by atoms with E-state index in [4.69, 9.17) is 9.72 Å². The molecule has 2 fully saturated rings. The summed E-state index contributed by atoms with van der Waals surface area (Å²) in [4.78, 5) is 41.4. The number of H-pyrrole nitrogens is 1. The molecule has 0 unspecified atom stereocenters. The third-order valence-corrected chi connectivity index (χ3v) is 8.60. The summed E-state index contributed by atoms with van der Waals surface area (Å²) in [5.41, 5.74) is 7.07. The quantitative estimate of drug-likeness (QED) is 0.280. The highest BCUT2D eigenvalue weighted by atomic mass is 79.9. The van der Waals surface area contributed by atoms with E-state index in [0.717, 1.165) is 75.9 Å². The van der Waals surface area contributed by atoms with Crippen LogP contribution in [0.2, 0.25) is 0 Å². The molecule has 220 valence electrons. The Morgan fingerprint density at radius 2 is 1.98 bits per heavy atom. The fraction of sp³-hybridized carbons (Fsp3) is 0.400. The lowest BCUT2D eigenvalue weighted by Gasteiger charge is -2.25. The van der Waals surface area contributed by atoms with Crippen molar-refractivity contribution in [3.05, 3.63) is 52.4 Å². The molecule has 12 heteroatoms. The van der Waals surface area contributed by atoms with Gasteiger partial charge in [0.25, 0.3) is 0 Å². The van der Waals surface area contributed by atoms with E-state index in [0.29, 0.717) is 32.0 Å². The molecule has 3 N–H and O–H groups in total.